The number of hydrogen-bond acceptors (Lipinski definition) is 11. The summed E-state index contributed by atoms with van der Waals surface area (Å²) in [5, 5.41) is 8.52. The van der Waals surface area contributed by atoms with E-state index in [-0.39, 0.29) is 50.1 Å². The van der Waals surface area contributed by atoms with Gasteiger partial charge in [0.05, 0.1) is 77.6 Å². The van der Waals surface area contributed by atoms with Crippen LogP contribution < -0.4 is 0 Å². The maximum absolute atomic E-state index is 11.9. The summed E-state index contributed by atoms with van der Waals surface area (Å²) in [6.45, 7) is 3.49. The van der Waals surface area contributed by atoms with Gasteiger partial charge in [-0.2, -0.15) is 8.42 Å². The van der Waals surface area contributed by atoms with E-state index in [2.05, 4.69) is 0 Å². The first-order valence-electron chi connectivity index (χ1n) is 12.1. The molecular weight excluding hydrogens is 512 g/mol. The van der Waals surface area contributed by atoms with Crippen LogP contribution in [0.1, 0.15) is 25.7 Å². The van der Waals surface area contributed by atoms with Crippen LogP contribution in [0, 0.1) is 0 Å². The maximum atomic E-state index is 11.9. The summed E-state index contributed by atoms with van der Waals surface area (Å²) in [5.74, 6) is -1.23. The van der Waals surface area contributed by atoms with Gasteiger partial charge in [-0.3, -0.25) is 13.8 Å². The third-order valence-corrected chi connectivity index (χ3v) is 5.82. The van der Waals surface area contributed by atoms with Gasteiger partial charge in [0.1, 0.15) is 6.61 Å². The Hall–Kier alpha value is -2.13. The van der Waals surface area contributed by atoms with Crippen molar-refractivity contribution >= 4 is 22.1 Å². The number of carbonyl (C=O) groups is 2. The van der Waals surface area contributed by atoms with E-state index in [1.807, 2.05) is 0 Å². The second-order valence-electron chi connectivity index (χ2n) is 7.47. The van der Waals surface area contributed by atoms with Gasteiger partial charge in [0.2, 0.25) is 0 Å². The first-order chi connectivity index (χ1) is 17.9. The van der Waals surface area contributed by atoms with Crippen molar-refractivity contribution in [3.63, 3.8) is 0 Å². The van der Waals surface area contributed by atoms with Gasteiger partial charge in [-0.05, 0) is 25.0 Å². The molecular formula is C24H38O12S. The standard InChI is InChI=1S/C24H38O12S/c25-23(26)8-4-5-9-24(27)35-20-18-33-16-14-31-12-10-30-11-13-32-15-17-34-19-21-36-37(28,29)22-6-2-1-3-7-22/h1-3,6-7H,4-5,8-21H2,(H,25,26). The molecule has 0 amide bonds. The molecule has 0 fully saturated rings. The van der Waals surface area contributed by atoms with E-state index in [1.165, 1.54) is 12.1 Å². The summed E-state index contributed by atoms with van der Waals surface area (Å²) < 4.78 is 60.4. The van der Waals surface area contributed by atoms with Crippen molar-refractivity contribution in [3.8, 4) is 0 Å². The van der Waals surface area contributed by atoms with Gasteiger partial charge in [0, 0.05) is 12.8 Å². The lowest BCUT2D eigenvalue weighted by Gasteiger charge is -2.08. The molecule has 37 heavy (non-hydrogen) atoms. The molecule has 0 aliphatic carbocycles. The van der Waals surface area contributed by atoms with E-state index in [0.717, 1.165) is 0 Å². The number of carbonyl (C=O) groups excluding carboxylic acids is 1. The van der Waals surface area contributed by atoms with Crippen LogP contribution in [0.15, 0.2) is 35.2 Å². The van der Waals surface area contributed by atoms with E-state index in [0.29, 0.717) is 65.7 Å². The fraction of sp³-hybridized carbons (Fsp3) is 0.667. The summed E-state index contributed by atoms with van der Waals surface area (Å²) in [6.07, 6.45) is 1.20. The molecule has 0 bridgehead atoms. The molecule has 1 aromatic carbocycles. The summed E-state index contributed by atoms with van der Waals surface area (Å²) in [5.41, 5.74) is 0. The number of carboxylic acids is 1. The Balaban J connectivity index is 1.76. The molecule has 1 rings (SSSR count). The summed E-state index contributed by atoms with van der Waals surface area (Å²) >= 11 is 0. The number of carboxylic acid groups (broad SMARTS) is 1. The molecule has 0 radical (unpaired) electrons. The molecule has 212 valence electrons. The molecule has 0 spiro atoms. The highest BCUT2D eigenvalue weighted by Gasteiger charge is 2.13. The predicted octanol–water partition coefficient (Wildman–Crippen LogP) is 1.66. The molecule has 0 saturated heterocycles. The first kappa shape index (κ1) is 32.9. The molecule has 0 unspecified atom stereocenters. The zero-order valence-corrected chi connectivity index (χ0v) is 21.9. The van der Waals surface area contributed by atoms with Gasteiger partial charge in [-0.1, -0.05) is 18.2 Å². The third kappa shape index (κ3) is 19.6. The van der Waals surface area contributed by atoms with Crippen LogP contribution in [0.3, 0.4) is 0 Å². The van der Waals surface area contributed by atoms with Gasteiger partial charge in [-0.25, -0.2) is 0 Å². The Morgan fingerprint density at radius 1 is 0.622 bits per heavy atom. The highest BCUT2D eigenvalue weighted by atomic mass is 32.2. The predicted molar refractivity (Wildman–Crippen MR) is 131 cm³/mol. The van der Waals surface area contributed by atoms with Crippen LogP contribution in [-0.2, 0) is 52.3 Å². The Labute approximate surface area is 218 Å². The van der Waals surface area contributed by atoms with Crippen molar-refractivity contribution in [2.24, 2.45) is 0 Å². The fourth-order valence-electron chi connectivity index (χ4n) is 2.67. The number of esters is 1. The smallest absolute Gasteiger partial charge is 0.305 e. The van der Waals surface area contributed by atoms with Crippen molar-refractivity contribution in [3.05, 3.63) is 30.3 Å². The summed E-state index contributed by atoms with van der Waals surface area (Å²) in [4.78, 5) is 21.9. The second kappa shape index (κ2) is 21.9. The molecule has 12 nitrogen and oxygen atoms in total. The SMILES string of the molecule is O=C(O)CCCCC(=O)OCCOCCOCCOCCOCCOCCOS(=O)(=O)c1ccccc1. The van der Waals surface area contributed by atoms with Gasteiger partial charge < -0.3 is 33.5 Å². The Bertz CT molecular complexity index is 816. The van der Waals surface area contributed by atoms with E-state index in [9.17, 15) is 18.0 Å². The Morgan fingerprint density at radius 2 is 1.05 bits per heavy atom. The number of aliphatic carboxylic acids is 1. The highest BCUT2D eigenvalue weighted by Crippen LogP contribution is 2.10. The Kier molecular flexibility index (Phi) is 19.5. The molecule has 1 N–H and O–H groups in total. The fourth-order valence-corrected chi connectivity index (χ4v) is 3.59. The number of unbranched alkanes of at least 4 members (excludes halogenated alkanes) is 1. The molecule has 0 aliphatic rings. The lowest BCUT2D eigenvalue weighted by atomic mass is 10.2. The van der Waals surface area contributed by atoms with Gasteiger partial charge in [0.25, 0.3) is 10.1 Å². The van der Waals surface area contributed by atoms with Crippen molar-refractivity contribution in [2.75, 3.05) is 79.3 Å². The van der Waals surface area contributed by atoms with E-state index < -0.39 is 16.1 Å². The van der Waals surface area contributed by atoms with Crippen LogP contribution in [0.5, 0.6) is 0 Å². The zero-order chi connectivity index (χ0) is 27.0. The minimum absolute atomic E-state index is 0.0517. The summed E-state index contributed by atoms with van der Waals surface area (Å²) in [7, 11) is -3.76. The maximum Gasteiger partial charge on any atom is 0.305 e. The molecule has 0 atom stereocenters. The third-order valence-electron chi connectivity index (χ3n) is 4.50. The average molecular weight is 551 g/mol. The van der Waals surface area contributed by atoms with Crippen molar-refractivity contribution < 1.29 is 55.7 Å². The van der Waals surface area contributed by atoms with Crippen LogP contribution >= 0.6 is 0 Å². The van der Waals surface area contributed by atoms with Gasteiger partial charge in [0.15, 0.2) is 0 Å². The minimum Gasteiger partial charge on any atom is -0.481 e. The van der Waals surface area contributed by atoms with Gasteiger partial charge >= 0.3 is 11.9 Å². The van der Waals surface area contributed by atoms with Crippen molar-refractivity contribution in [1.29, 1.82) is 0 Å². The van der Waals surface area contributed by atoms with Crippen molar-refractivity contribution in [2.45, 2.75) is 30.6 Å². The van der Waals surface area contributed by atoms with E-state index >= 15 is 0 Å². The van der Waals surface area contributed by atoms with Crippen LogP contribution in [0.2, 0.25) is 0 Å². The van der Waals surface area contributed by atoms with Crippen LogP contribution in [-0.4, -0.2) is 105 Å². The number of hydrogen-bond donors (Lipinski definition) is 1. The highest BCUT2D eigenvalue weighted by molar-refractivity contribution is 7.86. The van der Waals surface area contributed by atoms with Gasteiger partial charge in [-0.15, -0.1) is 0 Å². The topological polar surface area (TPSA) is 153 Å². The largest absolute Gasteiger partial charge is 0.481 e. The Morgan fingerprint density at radius 3 is 1.54 bits per heavy atom. The van der Waals surface area contributed by atoms with E-state index in [4.69, 9.17) is 37.7 Å². The summed E-state index contributed by atoms with van der Waals surface area (Å²) in [6, 6.07) is 7.91. The minimum atomic E-state index is -3.76. The molecule has 0 aromatic heterocycles. The molecule has 13 heteroatoms. The van der Waals surface area contributed by atoms with E-state index in [1.54, 1.807) is 18.2 Å². The second-order valence-corrected chi connectivity index (χ2v) is 9.09. The lowest BCUT2D eigenvalue weighted by molar-refractivity contribution is -0.146. The van der Waals surface area contributed by atoms with Crippen LogP contribution in [0.4, 0.5) is 0 Å². The first-order valence-corrected chi connectivity index (χ1v) is 13.5. The number of rotatable bonds is 25. The van der Waals surface area contributed by atoms with Crippen molar-refractivity contribution in [1.82, 2.24) is 0 Å². The monoisotopic (exact) mass is 550 g/mol. The number of benzene rings is 1. The quantitative estimate of drug-likeness (QED) is 0.107. The molecule has 0 heterocycles. The average Bonchev–Trinajstić information content (AvgIpc) is 2.88. The van der Waals surface area contributed by atoms with Crippen LogP contribution in [0.25, 0.3) is 0 Å². The zero-order valence-electron chi connectivity index (χ0n) is 21.0. The molecule has 0 aliphatic heterocycles. The number of ether oxygens (including phenoxy) is 6. The molecule has 1 aromatic rings. The lowest BCUT2D eigenvalue weighted by Crippen LogP contribution is -2.15. The normalized spacial score (nSPS) is 11.5. The molecule has 0 saturated carbocycles.